The molecule has 0 N–H and O–H groups in total. The number of hydrogen-bond donors (Lipinski definition) is 0. The van der Waals surface area contributed by atoms with Crippen molar-refractivity contribution >= 4 is 5.97 Å². The monoisotopic (exact) mass is 318 g/mol. The van der Waals surface area contributed by atoms with Crippen molar-refractivity contribution < 1.29 is 9.53 Å². The van der Waals surface area contributed by atoms with Crippen LogP contribution >= 0.6 is 0 Å². The van der Waals surface area contributed by atoms with E-state index in [-0.39, 0.29) is 6.42 Å². The normalized spacial score (nSPS) is 11.5. The van der Waals surface area contributed by atoms with Crippen molar-refractivity contribution in [1.82, 2.24) is 19.5 Å². The van der Waals surface area contributed by atoms with Gasteiger partial charge in [0.15, 0.2) is 6.10 Å². The van der Waals surface area contributed by atoms with Gasteiger partial charge in [-0.3, -0.25) is 9.55 Å². The number of carbonyl (C=O) groups excluding carboxylic acids is 1. The van der Waals surface area contributed by atoms with Gasteiger partial charge in [-0.15, -0.1) is 12.3 Å². The van der Waals surface area contributed by atoms with Gasteiger partial charge in [-0.05, 0) is 24.3 Å². The van der Waals surface area contributed by atoms with Crippen molar-refractivity contribution in [1.29, 1.82) is 0 Å². The fraction of sp³-hybridized carbons (Fsp3) is 0.111. The van der Waals surface area contributed by atoms with Gasteiger partial charge in [0.25, 0.3) is 0 Å². The topological polar surface area (TPSA) is 69.9 Å². The maximum Gasteiger partial charge on any atom is 0.340 e. The van der Waals surface area contributed by atoms with Crippen LogP contribution in [0.2, 0.25) is 0 Å². The summed E-state index contributed by atoms with van der Waals surface area (Å²) in [5, 5.41) is 0. The first kappa shape index (κ1) is 15.4. The lowest BCUT2D eigenvalue weighted by Crippen LogP contribution is -2.13. The minimum atomic E-state index is -0.586. The molecule has 1 atom stereocenters. The molecule has 24 heavy (non-hydrogen) atoms. The van der Waals surface area contributed by atoms with Crippen molar-refractivity contribution in [3.63, 3.8) is 0 Å². The van der Waals surface area contributed by atoms with Crippen LogP contribution in [0.3, 0.4) is 0 Å². The third-order valence-electron chi connectivity index (χ3n) is 3.32. The largest absolute Gasteiger partial charge is 0.451 e. The highest BCUT2D eigenvalue weighted by Gasteiger charge is 2.18. The SMILES string of the molecule is C#CC[C@@H](OC(=O)c1ccc(-n2ccnc2)nc1)c1ccccn1. The van der Waals surface area contributed by atoms with E-state index in [0.29, 0.717) is 17.1 Å². The molecule has 0 saturated heterocycles. The molecule has 0 fully saturated rings. The third-order valence-corrected chi connectivity index (χ3v) is 3.32. The fourth-order valence-corrected chi connectivity index (χ4v) is 2.13. The maximum absolute atomic E-state index is 12.3. The van der Waals surface area contributed by atoms with Crippen molar-refractivity contribution in [2.24, 2.45) is 0 Å². The first-order valence-electron chi connectivity index (χ1n) is 7.27. The molecule has 0 unspecified atom stereocenters. The van der Waals surface area contributed by atoms with E-state index in [9.17, 15) is 4.79 Å². The predicted molar refractivity (Wildman–Crippen MR) is 87.2 cm³/mol. The lowest BCUT2D eigenvalue weighted by molar-refractivity contribution is 0.0298. The second-order valence-corrected chi connectivity index (χ2v) is 4.93. The van der Waals surface area contributed by atoms with Crippen LogP contribution in [0.5, 0.6) is 0 Å². The third kappa shape index (κ3) is 3.47. The van der Waals surface area contributed by atoms with Crippen LogP contribution in [0.1, 0.15) is 28.6 Å². The molecule has 118 valence electrons. The molecule has 0 aliphatic heterocycles. The van der Waals surface area contributed by atoms with E-state index >= 15 is 0 Å². The zero-order valence-electron chi connectivity index (χ0n) is 12.7. The standard InChI is InChI=1S/C18H14N4O2/c1-2-5-16(15-6-3-4-9-20-15)24-18(23)14-7-8-17(21-12-14)22-11-10-19-13-22/h1,3-4,6-13,16H,5H2/t16-/m1/s1. The number of hydrogen-bond acceptors (Lipinski definition) is 5. The van der Waals surface area contributed by atoms with Gasteiger partial charge in [-0.25, -0.2) is 14.8 Å². The number of ether oxygens (including phenoxy) is 1. The highest BCUT2D eigenvalue weighted by atomic mass is 16.5. The molecule has 0 radical (unpaired) electrons. The molecular formula is C18H14N4O2. The summed E-state index contributed by atoms with van der Waals surface area (Å²) in [7, 11) is 0. The van der Waals surface area contributed by atoms with Gasteiger partial charge in [-0.1, -0.05) is 6.07 Å². The average Bonchev–Trinajstić information content (AvgIpc) is 3.17. The van der Waals surface area contributed by atoms with Gasteiger partial charge in [0.1, 0.15) is 12.1 Å². The Labute approximate surface area is 139 Å². The van der Waals surface area contributed by atoms with Crippen molar-refractivity contribution in [3.05, 3.63) is 72.7 Å². The fourth-order valence-electron chi connectivity index (χ4n) is 2.13. The zero-order chi connectivity index (χ0) is 16.8. The van der Waals surface area contributed by atoms with E-state index < -0.39 is 12.1 Å². The second-order valence-electron chi connectivity index (χ2n) is 4.93. The Balaban J connectivity index is 1.75. The number of rotatable bonds is 5. The van der Waals surface area contributed by atoms with E-state index in [1.54, 1.807) is 53.8 Å². The molecule has 3 heterocycles. The average molecular weight is 318 g/mol. The molecule has 0 bridgehead atoms. The predicted octanol–water partition coefficient (Wildman–Crippen LogP) is 2.58. The lowest BCUT2D eigenvalue weighted by atomic mass is 10.1. The molecule has 0 aliphatic carbocycles. The minimum absolute atomic E-state index is 0.253. The molecule has 6 heteroatoms. The number of nitrogens with zero attached hydrogens (tertiary/aromatic N) is 4. The van der Waals surface area contributed by atoms with Crippen LogP contribution in [0.25, 0.3) is 5.82 Å². The second kappa shape index (κ2) is 7.20. The molecule has 3 rings (SSSR count). The Hall–Kier alpha value is -3.46. The van der Waals surface area contributed by atoms with Crippen molar-refractivity contribution in [2.45, 2.75) is 12.5 Å². The maximum atomic E-state index is 12.3. The summed E-state index contributed by atoms with van der Waals surface area (Å²) in [6.45, 7) is 0. The van der Waals surface area contributed by atoms with Crippen LogP contribution in [-0.4, -0.2) is 25.5 Å². The molecule has 0 amide bonds. The van der Waals surface area contributed by atoms with Gasteiger partial charge < -0.3 is 4.74 Å². The number of terminal acetylenes is 1. The molecular weight excluding hydrogens is 304 g/mol. The summed E-state index contributed by atoms with van der Waals surface area (Å²) in [5.41, 5.74) is 0.962. The Morgan fingerprint density at radius 3 is 2.79 bits per heavy atom. The molecule has 6 nitrogen and oxygen atoms in total. The number of esters is 1. The summed E-state index contributed by atoms with van der Waals surface area (Å²) in [6, 6.07) is 8.75. The molecule has 3 aromatic rings. The van der Waals surface area contributed by atoms with E-state index in [2.05, 4.69) is 20.9 Å². The van der Waals surface area contributed by atoms with Crippen molar-refractivity contribution in [2.75, 3.05) is 0 Å². The van der Waals surface area contributed by atoms with E-state index in [0.717, 1.165) is 0 Å². The highest BCUT2D eigenvalue weighted by Crippen LogP contribution is 2.20. The lowest BCUT2D eigenvalue weighted by Gasteiger charge is -2.15. The Morgan fingerprint density at radius 1 is 1.25 bits per heavy atom. The van der Waals surface area contributed by atoms with Crippen LogP contribution in [0.4, 0.5) is 0 Å². The Bertz CT molecular complexity index is 837. The van der Waals surface area contributed by atoms with Gasteiger partial charge in [0.2, 0.25) is 0 Å². The number of pyridine rings is 2. The summed E-state index contributed by atoms with van der Waals surface area (Å²) < 4.78 is 7.23. The molecule has 0 spiro atoms. The quantitative estimate of drug-likeness (QED) is 0.534. The molecule has 3 aromatic heterocycles. The summed E-state index contributed by atoms with van der Waals surface area (Å²) in [5.74, 6) is 2.67. The Kier molecular flexibility index (Phi) is 4.63. The van der Waals surface area contributed by atoms with Gasteiger partial charge >= 0.3 is 5.97 Å². The number of carbonyl (C=O) groups is 1. The summed E-state index contributed by atoms with van der Waals surface area (Å²) in [4.78, 5) is 24.7. The van der Waals surface area contributed by atoms with E-state index in [1.807, 2.05) is 6.07 Å². The van der Waals surface area contributed by atoms with Gasteiger partial charge in [-0.2, -0.15) is 0 Å². The minimum Gasteiger partial charge on any atom is -0.451 e. The van der Waals surface area contributed by atoms with Crippen LogP contribution in [0.15, 0.2) is 61.4 Å². The molecule has 0 saturated carbocycles. The Morgan fingerprint density at radius 2 is 2.17 bits per heavy atom. The molecule has 0 aliphatic rings. The number of aromatic nitrogens is 4. The first-order chi connectivity index (χ1) is 11.8. The summed E-state index contributed by atoms with van der Waals surface area (Å²) in [6.07, 6.45) is 13.2. The zero-order valence-corrected chi connectivity index (χ0v) is 12.7. The summed E-state index contributed by atoms with van der Waals surface area (Å²) >= 11 is 0. The molecule has 0 aromatic carbocycles. The number of imidazole rings is 1. The highest BCUT2D eigenvalue weighted by molar-refractivity contribution is 5.89. The van der Waals surface area contributed by atoms with Crippen LogP contribution < -0.4 is 0 Å². The smallest absolute Gasteiger partial charge is 0.340 e. The van der Waals surface area contributed by atoms with E-state index in [1.165, 1.54) is 6.20 Å². The van der Waals surface area contributed by atoms with Crippen molar-refractivity contribution in [3.8, 4) is 18.2 Å². The van der Waals surface area contributed by atoms with Gasteiger partial charge in [0, 0.05) is 24.8 Å². The first-order valence-corrected chi connectivity index (χ1v) is 7.27. The van der Waals surface area contributed by atoms with Gasteiger partial charge in [0.05, 0.1) is 17.7 Å². The van der Waals surface area contributed by atoms with Crippen LogP contribution in [0, 0.1) is 12.3 Å². The van der Waals surface area contributed by atoms with E-state index in [4.69, 9.17) is 11.2 Å². The van der Waals surface area contributed by atoms with Crippen LogP contribution in [-0.2, 0) is 4.74 Å².